The number of furan rings is 1. The zero-order valence-electron chi connectivity index (χ0n) is 18.5. The molecule has 1 N–H and O–H groups in total. The van der Waals surface area contributed by atoms with Crippen LogP contribution in [0.3, 0.4) is 0 Å². The van der Waals surface area contributed by atoms with Gasteiger partial charge in [-0.3, -0.25) is 4.79 Å². The fourth-order valence-electron chi connectivity index (χ4n) is 4.09. The van der Waals surface area contributed by atoms with Gasteiger partial charge >= 0.3 is 5.97 Å². The topological polar surface area (TPSA) is 106 Å². The Labute approximate surface area is 192 Å². The number of esters is 1. The highest BCUT2D eigenvalue weighted by atomic mass is 32.2. The van der Waals surface area contributed by atoms with Crippen LogP contribution < -0.4 is 5.32 Å². The number of hydrogen-bond donors (Lipinski definition) is 1. The summed E-state index contributed by atoms with van der Waals surface area (Å²) in [7, 11) is -2.68. The fourth-order valence-corrected chi connectivity index (χ4v) is 5.74. The van der Waals surface area contributed by atoms with Crippen molar-refractivity contribution in [1.29, 1.82) is 0 Å². The number of carbonyl (C=O) groups is 2. The van der Waals surface area contributed by atoms with E-state index >= 15 is 0 Å². The molecule has 3 aromatic rings. The van der Waals surface area contributed by atoms with E-state index in [1.54, 1.807) is 12.1 Å². The molecule has 0 radical (unpaired) electrons. The van der Waals surface area contributed by atoms with E-state index in [1.807, 2.05) is 37.3 Å². The summed E-state index contributed by atoms with van der Waals surface area (Å²) in [6, 6.07) is 15.2. The second-order valence-corrected chi connectivity index (χ2v) is 9.99. The molecule has 1 saturated heterocycles. The Morgan fingerprint density at radius 3 is 2.45 bits per heavy atom. The van der Waals surface area contributed by atoms with Gasteiger partial charge in [0.25, 0.3) is 0 Å². The number of nitrogens with zero attached hydrogens (tertiary/aromatic N) is 1. The number of amides is 1. The highest BCUT2D eigenvalue weighted by Gasteiger charge is 2.34. The van der Waals surface area contributed by atoms with Crippen LogP contribution in [0.25, 0.3) is 11.0 Å². The lowest BCUT2D eigenvalue weighted by molar-refractivity contribution is -0.126. The molecule has 174 valence electrons. The quantitative estimate of drug-likeness (QED) is 0.553. The molecule has 0 spiro atoms. The number of methoxy groups -OCH3 is 1. The van der Waals surface area contributed by atoms with Crippen LogP contribution in [0.5, 0.6) is 0 Å². The van der Waals surface area contributed by atoms with Gasteiger partial charge in [-0.25, -0.2) is 13.2 Å². The third-order valence-corrected chi connectivity index (χ3v) is 7.92. The third-order valence-electron chi connectivity index (χ3n) is 5.97. The smallest absolute Gasteiger partial charge is 0.339 e. The van der Waals surface area contributed by atoms with Crippen molar-refractivity contribution in [3.05, 3.63) is 65.9 Å². The summed E-state index contributed by atoms with van der Waals surface area (Å²) in [6.07, 6.45) is 0.774. The molecule has 1 aliphatic rings. The van der Waals surface area contributed by atoms with Gasteiger partial charge in [0, 0.05) is 24.4 Å². The number of benzene rings is 2. The van der Waals surface area contributed by atoms with E-state index in [-0.39, 0.29) is 41.4 Å². The van der Waals surface area contributed by atoms with Crippen molar-refractivity contribution in [2.45, 2.75) is 30.7 Å². The summed E-state index contributed by atoms with van der Waals surface area (Å²) >= 11 is 0. The second-order valence-electron chi connectivity index (χ2n) is 8.08. The van der Waals surface area contributed by atoms with Gasteiger partial charge in [0.1, 0.15) is 11.3 Å². The Hall–Kier alpha value is -3.17. The Kier molecular flexibility index (Phi) is 6.53. The number of sulfonamides is 1. The van der Waals surface area contributed by atoms with Crippen LogP contribution in [0, 0.1) is 5.92 Å². The zero-order valence-corrected chi connectivity index (χ0v) is 19.3. The molecule has 33 heavy (non-hydrogen) atoms. The summed E-state index contributed by atoms with van der Waals surface area (Å²) in [5.74, 6) is -0.471. The molecule has 8 nitrogen and oxygen atoms in total. The van der Waals surface area contributed by atoms with Gasteiger partial charge in [-0.05, 0) is 44.0 Å². The van der Waals surface area contributed by atoms with Crippen molar-refractivity contribution in [2.75, 3.05) is 20.2 Å². The minimum Gasteiger partial charge on any atom is -0.465 e. The number of hydrogen-bond acceptors (Lipinski definition) is 6. The maximum atomic E-state index is 13.2. The lowest BCUT2D eigenvalue weighted by atomic mass is 9.97. The number of rotatable bonds is 6. The first-order valence-electron chi connectivity index (χ1n) is 10.8. The Morgan fingerprint density at radius 1 is 1.09 bits per heavy atom. The molecule has 0 bridgehead atoms. The highest BCUT2D eigenvalue weighted by Crippen LogP contribution is 2.28. The van der Waals surface area contributed by atoms with Crippen LogP contribution in [-0.4, -0.2) is 44.8 Å². The lowest BCUT2D eigenvalue weighted by Crippen LogP contribution is -2.43. The maximum Gasteiger partial charge on any atom is 0.339 e. The van der Waals surface area contributed by atoms with E-state index in [1.165, 1.54) is 23.5 Å². The van der Waals surface area contributed by atoms with Crippen molar-refractivity contribution in [3.63, 3.8) is 0 Å². The molecule has 1 atom stereocenters. The van der Waals surface area contributed by atoms with Crippen molar-refractivity contribution in [3.8, 4) is 0 Å². The Morgan fingerprint density at radius 2 is 1.76 bits per heavy atom. The molecule has 4 rings (SSSR count). The molecule has 1 amide bonds. The molecular weight excluding hydrogens is 444 g/mol. The van der Waals surface area contributed by atoms with Crippen LogP contribution in [0.2, 0.25) is 0 Å². The first-order chi connectivity index (χ1) is 15.8. The Balaban J connectivity index is 1.40. The molecule has 0 saturated carbocycles. The van der Waals surface area contributed by atoms with E-state index in [9.17, 15) is 18.0 Å². The predicted molar refractivity (Wildman–Crippen MR) is 122 cm³/mol. The minimum atomic E-state index is -3.89. The van der Waals surface area contributed by atoms with Crippen LogP contribution in [0.4, 0.5) is 0 Å². The number of carbonyl (C=O) groups excluding carboxylic acids is 2. The van der Waals surface area contributed by atoms with Gasteiger partial charge in [-0.15, -0.1) is 0 Å². The molecule has 9 heteroatoms. The number of piperidine rings is 1. The molecule has 1 aromatic heterocycles. The molecule has 1 aliphatic heterocycles. The average molecular weight is 471 g/mol. The van der Waals surface area contributed by atoms with E-state index in [2.05, 4.69) is 5.32 Å². The van der Waals surface area contributed by atoms with Gasteiger partial charge in [0.15, 0.2) is 0 Å². The van der Waals surface area contributed by atoms with Gasteiger partial charge in [-0.2, -0.15) is 4.31 Å². The van der Waals surface area contributed by atoms with Crippen molar-refractivity contribution < 1.29 is 27.2 Å². The van der Waals surface area contributed by atoms with Gasteiger partial charge in [0.2, 0.25) is 15.9 Å². The van der Waals surface area contributed by atoms with E-state index < -0.39 is 16.0 Å². The average Bonchev–Trinajstić information content (AvgIpc) is 3.28. The van der Waals surface area contributed by atoms with Crippen molar-refractivity contribution >= 4 is 32.9 Å². The SMILES string of the molecule is COC(=O)c1ccccc1S(=O)(=O)N1CCC(C(=O)N[C@H](C)c2cc3ccccc3o2)CC1. The van der Waals surface area contributed by atoms with Crippen molar-refractivity contribution in [1.82, 2.24) is 9.62 Å². The molecular formula is C24H26N2O6S. The number of para-hydroxylation sites is 1. The van der Waals surface area contributed by atoms with E-state index in [0.29, 0.717) is 18.6 Å². The maximum absolute atomic E-state index is 13.2. The largest absolute Gasteiger partial charge is 0.465 e. The first kappa shape index (κ1) is 23.0. The molecule has 1 fully saturated rings. The van der Waals surface area contributed by atoms with Crippen LogP contribution in [-0.2, 0) is 19.6 Å². The standard InChI is InChI=1S/C24H26N2O6S/c1-16(21-15-18-7-3-5-9-20(18)32-21)25-23(27)17-11-13-26(14-12-17)33(29,30)22-10-6-4-8-19(22)24(28)31-2/h3-10,15-17H,11-14H2,1-2H3,(H,25,27)/t16-/m1/s1. The van der Waals surface area contributed by atoms with Crippen molar-refractivity contribution in [2.24, 2.45) is 5.92 Å². The zero-order chi connectivity index (χ0) is 23.6. The normalized spacial score (nSPS) is 16.4. The molecule has 2 aromatic carbocycles. The predicted octanol–water partition coefficient (Wildman–Crippen LogP) is 3.50. The van der Waals surface area contributed by atoms with Crippen LogP contribution in [0.1, 0.15) is 41.9 Å². The summed E-state index contributed by atoms with van der Waals surface area (Å²) in [5, 5.41) is 3.95. The van der Waals surface area contributed by atoms with Gasteiger partial charge in [0.05, 0.1) is 23.6 Å². The minimum absolute atomic E-state index is 0.000439. The van der Waals surface area contributed by atoms with Gasteiger partial charge in [-0.1, -0.05) is 30.3 Å². The lowest BCUT2D eigenvalue weighted by Gasteiger charge is -2.31. The summed E-state index contributed by atoms with van der Waals surface area (Å²) < 4.78 is 38.2. The fraction of sp³-hybridized carbons (Fsp3) is 0.333. The third kappa shape index (κ3) is 4.65. The summed E-state index contributed by atoms with van der Waals surface area (Å²) in [6.45, 7) is 2.24. The monoisotopic (exact) mass is 470 g/mol. The molecule has 0 unspecified atom stereocenters. The van der Waals surface area contributed by atoms with E-state index in [4.69, 9.17) is 9.15 Å². The van der Waals surface area contributed by atoms with Crippen LogP contribution >= 0.6 is 0 Å². The second kappa shape index (κ2) is 9.36. The number of nitrogens with one attached hydrogen (secondary N) is 1. The summed E-state index contributed by atoms with van der Waals surface area (Å²) in [5.41, 5.74) is 0.763. The van der Waals surface area contributed by atoms with Gasteiger partial charge < -0.3 is 14.5 Å². The van der Waals surface area contributed by atoms with E-state index in [0.717, 1.165) is 11.0 Å². The molecule has 0 aliphatic carbocycles. The Bertz CT molecular complexity index is 1240. The highest BCUT2D eigenvalue weighted by molar-refractivity contribution is 7.89. The number of fused-ring (bicyclic) bond motifs is 1. The molecule has 2 heterocycles. The summed E-state index contributed by atoms with van der Waals surface area (Å²) in [4.78, 5) is 24.8. The first-order valence-corrected chi connectivity index (χ1v) is 12.2. The number of ether oxygens (including phenoxy) is 1. The van der Waals surface area contributed by atoms with Crippen LogP contribution in [0.15, 0.2) is 63.9 Å².